The summed E-state index contributed by atoms with van der Waals surface area (Å²) in [6.07, 6.45) is 37.7. The highest BCUT2D eigenvalue weighted by Crippen LogP contribution is 2.39. The van der Waals surface area contributed by atoms with Crippen LogP contribution >= 0.6 is 0 Å². The van der Waals surface area contributed by atoms with Crippen LogP contribution in [0.3, 0.4) is 0 Å². The maximum Gasteiger partial charge on any atom is 0.240 e. The lowest BCUT2D eigenvalue weighted by Crippen LogP contribution is -2.03. The number of unbranched alkanes of at least 4 members (excludes halogenated alkanes) is 10. The topological polar surface area (TPSA) is 173 Å². The molecular weight excluding hydrogens is 1470 g/mol. The van der Waals surface area contributed by atoms with Crippen molar-refractivity contribution in [3.05, 3.63) is 335 Å². The molecule has 120 heavy (non-hydrogen) atoms. The fourth-order valence-electron chi connectivity index (χ4n) is 14.9. The molecule has 0 bridgehead atoms. The summed E-state index contributed by atoms with van der Waals surface area (Å²) in [7, 11) is 0. The van der Waals surface area contributed by atoms with Crippen molar-refractivity contribution in [3.63, 3.8) is 0 Å². The first-order valence-corrected chi connectivity index (χ1v) is 41.8. The average Bonchev–Trinajstić information content (AvgIpc) is 0.773. The van der Waals surface area contributed by atoms with Gasteiger partial charge in [0.1, 0.15) is 11.4 Å². The number of rotatable bonds is 32. The molecule has 0 spiro atoms. The molecule has 17 aromatic rings. The zero-order chi connectivity index (χ0) is 81.0. The molecule has 6 heterocycles. The molecular formula is C106H90N12O2. The Balaban J connectivity index is 0.695. The molecule has 0 saturated carbocycles. The van der Waals surface area contributed by atoms with Crippen LogP contribution in [0.25, 0.3) is 184 Å². The van der Waals surface area contributed by atoms with Crippen molar-refractivity contribution in [1.29, 1.82) is 0 Å². The van der Waals surface area contributed by atoms with Crippen molar-refractivity contribution in [1.82, 2.24) is 59.8 Å². The highest BCUT2D eigenvalue weighted by atomic mass is 16.5. The molecule has 0 fully saturated rings. The third-order valence-corrected chi connectivity index (χ3v) is 21.3. The molecule has 0 amide bonds. The lowest BCUT2D eigenvalue weighted by Gasteiger charge is -2.13. The van der Waals surface area contributed by atoms with Gasteiger partial charge in [-0.3, -0.25) is 0 Å². The van der Waals surface area contributed by atoms with Crippen LogP contribution in [0.1, 0.15) is 159 Å². The number of ether oxygens (including phenoxy) is 2. The standard InChI is InChI=1S/C106H90N12O2/c1-3-5-7-9-11-33-67-119-105-99(111-87-47-29-31-49-89(87)117-105)65-63-97-95(113-101-69-79(75-35-17-13-18-36-75)81(71-103(101)115-97)77-39-21-15-22-40-77)61-59-93-91(107-83-43-25-27-45-85(83)109-93)57-55-73-51-53-74(54-52-73)56-58-92-94(110-86-46-28-26-44-84(86)108-92)60-62-96-98(64-66-100-106(120-68-34-12-10-8-6-4-2)118-90-50-32-30-48-88(90)112-100)116-104-72-82(78-41-23-16-24-42-78)80(70-102(104)114-96)76-37-19-14-20-38-76/h13-32,35-66,69-72H,3-12,33-34,67-68H2,1-2H3/b57-55+,58-56+,61-59+,62-60+,65-63+,66-64+. The van der Waals surface area contributed by atoms with Gasteiger partial charge in [0, 0.05) is 0 Å². The average molecular weight is 1560 g/mol. The Labute approximate surface area is 699 Å². The van der Waals surface area contributed by atoms with E-state index in [1.807, 2.05) is 182 Å². The summed E-state index contributed by atoms with van der Waals surface area (Å²) in [4.78, 5) is 63.1. The first-order valence-electron chi connectivity index (χ1n) is 41.8. The molecule has 0 aliphatic rings. The van der Waals surface area contributed by atoms with E-state index in [0.717, 1.165) is 148 Å². The van der Waals surface area contributed by atoms with Gasteiger partial charge < -0.3 is 9.47 Å². The van der Waals surface area contributed by atoms with Crippen molar-refractivity contribution in [2.75, 3.05) is 13.2 Å². The van der Waals surface area contributed by atoms with E-state index in [2.05, 4.69) is 172 Å². The zero-order valence-electron chi connectivity index (χ0n) is 67.4. The van der Waals surface area contributed by atoms with E-state index in [1.54, 1.807) is 0 Å². The van der Waals surface area contributed by atoms with Gasteiger partial charge in [-0.25, -0.2) is 59.8 Å². The number of nitrogens with zero attached hydrogens (tertiary/aromatic N) is 12. The minimum atomic E-state index is 0.477. The van der Waals surface area contributed by atoms with Crippen LogP contribution in [0.15, 0.2) is 267 Å². The molecule has 17 rings (SSSR count). The lowest BCUT2D eigenvalue weighted by molar-refractivity contribution is 0.292. The number of aromatic nitrogens is 12. The van der Waals surface area contributed by atoms with Crippen LogP contribution in [-0.2, 0) is 0 Å². The predicted octanol–water partition coefficient (Wildman–Crippen LogP) is 26.5. The Morgan fingerprint density at radius 1 is 0.192 bits per heavy atom. The zero-order valence-corrected chi connectivity index (χ0v) is 67.4. The van der Waals surface area contributed by atoms with Crippen LogP contribution in [0.4, 0.5) is 0 Å². The monoisotopic (exact) mass is 1560 g/mol. The quantitative estimate of drug-likeness (QED) is 0.0364. The first-order chi connectivity index (χ1) is 59.4. The van der Waals surface area contributed by atoms with Gasteiger partial charge >= 0.3 is 0 Å². The number of para-hydroxylation sites is 8. The molecule has 0 aliphatic carbocycles. The molecule has 6 aromatic heterocycles. The van der Waals surface area contributed by atoms with Gasteiger partial charge in [-0.05, 0) is 202 Å². The smallest absolute Gasteiger partial charge is 0.240 e. The van der Waals surface area contributed by atoms with Crippen molar-refractivity contribution in [3.8, 4) is 56.3 Å². The maximum absolute atomic E-state index is 6.49. The second-order valence-electron chi connectivity index (χ2n) is 29.9. The summed E-state index contributed by atoms with van der Waals surface area (Å²) in [6.45, 7) is 5.56. The second kappa shape index (κ2) is 38.1. The van der Waals surface area contributed by atoms with E-state index in [1.165, 1.54) is 51.4 Å². The van der Waals surface area contributed by atoms with Crippen LogP contribution in [0.5, 0.6) is 11.8 Å². The molecule has 0 aliphatic heterocycles. The van der Waals surface area contributed by atoms with E-state index in [4.69, 9.17) is 69.3 Å². The van der Waals surface area contributed by atoms with Gasteiger partial charge in [-0.2, -0.15) is 0 Å². The van der Waals surface area contributed by atoms with Gasteiger partial charge in [0.05, 0.1) is 125 Å². The summed E-state index contributed by atoms with van der Waals surface area (Å²) in [6, 6.07) is 90.5. The second-order valence-corrected chi connectivity index (χ2v) is 29.9. The SMILES string of the molecule is CCCCCCCCOc1nc2ccccc2nc1/C=C/c1nc2cc(-c3ccccc3)c(-c3ccccc3)cc2nc1/C=C/c1nc2ccccc2nc1/C=C/c1ccc(/C=C/c2nc3ccccc3nc2/C=C/c2nc3cc(-c4ccccc4)c(-c4ccccc4)cc3nc2/C=C/c2nc3ccccc3nc2OCCCCCCCC)cc1. The van der Waals surface area contributed by atoms with Crippen molar-refractivity contribution in [2.24, 2.45) is 0 Å². The molecule has 586 valence electrons. The Bertz CT molecular complexity index is 6290. The Hall–Kier alpha value is -14.5. The minimum absolute atomic E-state index is 0.477. The summed E-state index contributed by atoms with van der Waals surface area (Å²) >= 11 is 0. The van der Waals surface area contributed by atoms with Crippen LogP contribution < -0.4 is 9.47 Å². The van der Waals surface area contributed by atoms with Crippen molar-refractivity contribution in [2.45, 2.75) is 90.9 Å². The fraction of sp³-hybridized carbons (Fsp3) is 0.151. The summed E-state index contributed by atoms with van der Waals surface area (Å²) in [5.41, 5.74) is 25.9. The Morgan fingerprint density at radius 3 is 0.650 bits per heavy atom. The number of hydrogen-bond acceptors (Lipinski definition) is 14. The highest BCUT2D eigenvalue weighted by molar-refractivity contribution is 5.98. The minimum Gasteiger partial charge on any atom is -0.476 e. The largest absolute Gasteiger partial charge is 0.476 e. The number of fused-ring (bicyclic) bond motifs is 6. The molecule has 0 saturated heterocycles. The third-order valence-electron chi connectivity index (χ3n) is 21.3. The molecule has 0 unspecified atom stereocenters. The summed E-state index contributed by atoms with van der Waals surface area (Å²) < 4.78 is 13.0. The Morgan fingerprint density at radius 2 is 0.392 bits per heavy atom. The normalized spacial score (nSPS) is 12.0. The van der Waals surface area contributed by atoms with Gasteiger partial charge in [0.2, 0.25) is 11.8 Å². The van der Waals surface area contributed by atoms with E-state index >= 15 is 0 Å². The maximum atomic E-state index is 6.49. The molecule has 14 heteroatoms. The van der Waals surface area contributed by atoms with Gasteiger partial charge in [0.25, 0.3) is 0 Å². The molecule has 14 nitrogen and oxygen atoms in total. The van der Waals surface area contributed by atoms with E-state index < -0.39 is 0 Å². The van der Waals surface area contributed by atoms with Gasteiger partial charge in [-0.1, -0.05) is 284 Å². The molecule has 0 N–H and O–H groups in total. The van der Waals surface area contributed by atoms with Gasteiger partial charge in [-0.15, -0.1) is 0 Å². The highest BCUT2D eigenvalue weighted by Gasteiger charge is 2.19. The predicted molar refractivity (Wildman–Crippen MR) is 497 cm³/mol. The van der Waals surface area contributed by atoms with Crippen molar-refractivity contribution < 1.29 is 9.47 Å². The fourth-order valence-corrected chi connectivity index (χ4v) is 14.9. The first kappa shape index (κ1) is 78.0. The van der Waals surface area contributed by atoms with Gasteiger partial charge in [0.15, 0.2) is 0 Å². The summed E-state index contributed by atoms with van der Waals surface area (Å²) in [5, 5.41) is 0. The molecule has 0 atom stereocenters. The third kappa shape index (κ3) is 19.0. The number of benzene rings is 11. The molecule has 0 radical (unpaired) electrons. The number of hydrogen-bond donors (Lipinski definition) is 0. The van der Waals surface area contributed by atoms with Crippen molar-refractivity contribution >= 4 is 139 Å². The summed E-state index contributed by atoms with van der Waals surface area (Å²) in [5.74, 6) is 0.954. The van der Waals surface area contributed by atoms with E-state index in [-0.39, 0.29) is 0 Å². The van der Waals surface area contributed by atoms with E-state index in [0.29, 0.717) is 81.9 Å². The van der Waals surface area contributed by atoms with Crippen LogP contribution in [-0.4, -0.2) is 73.0 Å². The van der Waals surface area contributed by atoms with E-state index in [9.17, 15) is 0 Å². The van der Waals surface area contributed by atoms with Crippen LogP contribution in [0, 0.1) is 0 Å². The Kier molecular flexibility index (Phi) is 24.8. The molecule has 11 aromatic carbocycles. The van der Waals surface area contributed by atoms with Crippen LogP contribution in [0.2, 0.25) is 0 Å². The lowest BCUT2D eigenvalue weighted by atomic mass is 9.93.